The van der Waals surface area contributed by atoms with Crippen LogP contribution in [0, 0.1) is 41.5 Å². The Morgan fingerprint density at radius 2 is 0.529 bits per heavy atom. The fourth-order valence-corrected chi connectivity index (χ4v) is 8.05. The normalized spacial score (nSPS) is 12.3. The quantitative estimate of drug-likeness (QED) is 0.115. The first-order valence-electron chi connectivity index (χ1n) is 22.9. The standard InChI is InChI=1S/C62H52N6/c1-41-33-35-43(3)55(37-41)65-59(47-21-11-7-12-22-47)51-29-19-31-53(63-51)61(49-25-15-9-16-26-49)67-57-39-46(6)58(40-45(57)5)68-62(50-27-17-10-18-28-50)54-32-20-30-52(64-54)60(48-23-13-8-14-24-48)66-56-38-42(2)34-36-44(56)4/h7-40H,1-6H3. The van der Waals surface area contributed by atoms with Crippen LogP contribution < -0.4 is 0 Å². The van der Waals surface area contributed by atoms with Crippen molar-refractivity contribution in [2.75, 3.05) is 0 Å². The van der Waals surface area contributed by atoms with E-state index in [4.69, 9.17) is 29.9 Å². The molecule has 2 heterocycles. The Bertz CT molecular complexity index is 3140. The molecule has 6 nitrogen and oxygen atoms in total. The van der Waals surface area contributed by atoms with E-state index in [9.17, 15) is 0 Å². The van der Waals surface area contributed by atoms with Crippen LogP contribution in [0.25, 0.3) is 0 Å². The molecule has 0 spiro atoms. The molecule has 9 rings (SSSR count). The number of rotatable bonds is 12. The van der Waals surface area contributed by atoms with Crippen LogP contribution in [0.2, 0.25) is 0 Å². The highest BCUT2D eigenvalue weighted by atomic mass is 14.9. The van der Waals surface area contributed by atoms with Crippen LogP contribution in [-0.2, 0) is 0 Å². The van der Waals surface area contributed by atoms with E-state index in [1.807, 2.05) is 109 Å². The van der Waals surface area contributed by atoms with E-state index in [1.54, 1.807) is 0 Å². The van der Waals surface area contributed by atoms with E-state index in [2.05, 4.69) is 139 Å². The van der Waals surface area contributed by atoms with Crippen LogP contribution in [0.15, 0.2) is 226 Å². The number of hydrogen-bond acceptors (Lipinski definition) is 6. The van der Waals surface area contributed by atoms with Gasteiger partial charge < -0.3 is 0 Å². The highest BCUT2D eigenvalue weighted by molar-refractivity contribution is 6.17. The van der Waals surface area contributed by atoms with Gasteiger partial charge in [0, 0.05) is 22.3 Å². The van der Waals surface area contributed by atoms with Crippen LogP contribution in [0.3, 0.4) is 0 Å². The molecule has 0 unspecified atom stereocenters. The minimum Gasteiger partial charge on any atom is -0.246 e. The molecule has 330 valence electrons. The summed E-state index contributed by atoms with van der Waals surface area (Å²) < 4.78 is 0. The second kappa shape index (κ2) is 20.4. The number of hydrogen-bond donors (Lipinski definition) is 0. The Morgan fingerprint density at radius 1 is 0.265 bits per heavy atom. The number of nitrogens with zero attached hydrogens (tertiary/aromatic N) is 6. The van der Waals surface area contributed by atoms with Gasteiger partial charge in [-0.1, -0.05) is 158 Å². The summed E-state index contributed by atoms with van der Waals surface area (Å²) in [5, 5.41) is 0. The zero-order chi connectivity index (χ0) is 47.0. The molecule has 9 aromatic rings. The molecule has 0 radical (unpaired) electrons. The Hall–Kier alpha value is -8.48. The highest BCUT2D eigenvalue weighted by Gasteiger charge is 2.18. The molecule has 68 heavy (non-hydrogen) atoms. The zero-order valence-corrected chi connectivity index (χ0v) is 39.3. The lowest BCUT2D eigenvalue weighted by Gasteiger charge is -2.14. The van der Waals surface area contributed by atoms with Gasteiger partial charge in [0.05, 0.1) is 68.4 Å². The molecule has 0 aliphatic heterocycles. The van der Waals surface area contributed by atoms with E-state index in [-0.39, 0.29) is 0 Å². The van der Waals surface area contributed by atoms with Gasteiger partial charge in [-0.15, -0.1) is 0 Å². The van der Waals surface area contributed by atoms with Gasteiger partial charge in [-0.2, -0.15) is 0 Å². The molecule has 0 saturated carbocycles. The van der Waals surface area contributed by atoms with E-state index >= 15 is 0 Å². The van der Waals surface area contributed by atoms with Crippen molar-refractivity contribution in [3.05, 3.63) is 285 Å². The Morgan fingerprint density at radius 3 is 0.809 bits per heavy atom. The molecule has 2 aromatic heterocycles. The van der Waals surface area contributed by atoms with Gasteiger partial charge in [-0.25, -0.2) is 29.9 Å². The fraction of sp³-hybridized carbons (Fsp3) is 0.0968. The molecular weight excluding hydrogens is 829 g/mol. The van der Waals surface area contributed by atoms with Crippen LogP contribution >= 0.6 is 0 Å². The maximum atomic E-state index is 5.42. The largest absolute Gasteiger partial charge is 0.246 e. The predicted molar refractivity (Wildman–Crippen MR) is 283 cm³/mol. The SMILES string of the molecule is Cc1ccc(C)c(N=C(c2ccccc2)c2cccc(C(=Nc3cc(C)c(N=C(c4ccccc4)c4cccc(C(=Nc5cc(C)ccc5C)c5ccccc5)n4)cc3C)c3ccccc3)n2)c1. The second-order valence-corrected chi connectivity index (χ2v) is 17.1. The third kappa shape index (κ3) is 10.3. The maximum absolute atomic E-state index is 5.42. The monoisotopic (exact) mass is 880 g/mol. The Kier molecular flexibility index (Phi) is 13.4. The lowest BCUT2D eigenvalue weighted by Crippen LogP contribution is -2.12. The molecule has 0 saturated heterocycles. The Balaban J connectivity index is 1.14. The van der Waals surface area contributed by atoms with Crippen molar-refractivity contribution in [1.82, 2.24) is 9.97 Å². The van der Waals surface area contributed by atoms with E-state index < -0.39 is 0 Å². The molecule has 0 aliphatic carbocycles. The van der Waals surface area contributed by atoms with Crippen molar-refractivity contribution in [1.29, 1.82) is 0 Å². The third-order valence-corrected chi connectivity index (χ3v) is 11.8. The zero-order valence-electron chi connectivity index (χ0n) is 39.3. The molecule has 0 aliphatic rings. The molecule has 0 fully saturated rings. The summed E-state index contributed by atoms with van der Waals surface area (Å²) in [4.78, 5) is 32.0. The van der Waals surface area contributed by atoms with Gasteiger partial charge in [0.25, 0.3) is 0 Å². The van der Waals surface area contributed by atoms with Gasteiger partial charge in [-0.3, -0.25) is 0 Å². The molecule has 0 bridgehead atoms. The summed E-state index contributed by atoms with van der Waals surface area (Å²) in [5.41, 5.74) is 19.9. The van der Waals surface area contributed by atoms with Crippen molar-refractivity contribution in [2.24, 2.45) is 20.0 Å². The average Bonchev–Trinajstić information content (AvgIpc) is 3.37. The first-order valence-corrected chi connectivity index (χ1v) is 22.9. The minimum atomic E-state index is 0.741. The molecule has 6 heteroatoms. The topological polar surface area (TPSA) is 75.2 Å². The van der Waals surface area contributed by atoms with Crippen LogP contribution in [0.1, 0.15) is 78.4 Å². The first kappa shape index (κ1) is 44.7. The maximum Gasteiger partial charge on any atom is 0.0966 e. The number of aliphatic imine (C=N–C) groups is 4. The Labute approximate surface area is 400 Å². The number of pyridine rings is 2. The van der Waals surface area contributed by atoms with Crippen LogP contribution in [0.5, 0.6) is 0 Å². The molecular formula is C62H52N6. The smallest absolute Gasteiger partial charge is 0.0966 e. The van der Waals surface area contributed by atoms with Gasteiger partial charge >= 0.3 is 0 Å². The van der Waals surface area contributed by atoms with Crippen LogP contribution in [-0.4, -0.2) is 32.8 Å². The van der Waals surface area contributed by atoms with Crippen molar-refractivity contribution >= 4 is 45.6 Å². The van der Waals surface area contributed by atoms with Gasteiger partial charge in [0.15, 0.2) is 0 Å². The summed E-state index contributed by atoms with van der Waals surface area (Å²) in [6.07, 6.45) is 0. The van der Waals surface area contributed by atoms with E-state index in [0.29, 0.717) is 0 Å². The molecule has 0 amide bonds. The van der Waals surface area contributed by atoms with E-state index in [1.165, 1.54) is 0 Å². The number of aromatic nitrogens is 2. The predicted octanol–water partition coefficient (Wildman–Crippen LogP) is 15.0. The van der Waals surface area contributed by atoms with Crippen LogP contribution in [0.4, 0.5) is 22.7 Å². The lowest BCUT2D eigenvalue weighted by molar-refractivity contribution is 1.23. The summed E-state index contributed by atoms with van der Waals surface area (Å²) in [7, 11) is 0. The number of benzene rings is 7. The van der Waals surface area contributed by atoms with Crippen molar-refractivity contribution in [3.8, 4) is 0 Å². The second-order valence-electron chi connectivity index (χ2n) is 17.1. The summed E-state index contributed by atoms with van der Waals surface area (Å²) >= 11 is 0. The third-order valence-electron chi connectivity index (χ3n) is 11.8. The summed E-state index contributed by atoms with van der Waals surface area (Å²) in [5.74, 6) is 0. The lowest BCUT2D eigenvalue weighted by atomic mass is 10.0. The minimum absolute atomic E-state index is 0.741. The molecule has 7 aromatic carbocycles. The molecule has 0 atom stereocenters. The van der Waals surface area contributed by atoms with Crippen molar-refractivity contribution in [2.45, 2.75) is 41.5 Å². The van der Waals surface area contributed by atoms with Crippen molar-refractivity contribution < 1.29 is 0 Å². The average molecular weight is 881 g/mol. The van der Waals surface area contributed by atoms with Gasteiger partial charge in [0.1, 0.15) is 0 Å². The first-order chi connectivity index (χ1) is 33.2. The summed E-state index contributed by atoms with van der Waals surface area (Å²) in [6.45, 7) is 12.5. The van der Waals surface area contributed by atoms with E-state index in [0.717, 1.165) is 124 Å². The van der Waals surface area contributed by atoms with Gasteiger partial charge in [0.2, 0.25) is 0 Å². The van der Waals surface area contributed by atoms with Crippen molar-refractivity contribution in [3.63, 3.8) is 0 Å². The van der Waals surface area contributed by atoms with Gasteiger partial charge in [-0.05, 0) is 123 Å². The molecule has 0 N–H and O–H groups in total. The summed E-state index contributed by atoms with van der Waals surface area (Å²) in [6, 6.07) is 70.2. The highest BCUT2D eigenvalue weighted by Crippen LogP contribution is 2.32. The fourth-order valence-electron chi connectivity index (χ4n) is 8.05. The number of aryl methyl sites for hydroxylation is 6.